The Labute approximate surface area is 124 Å². The fourth-order valence-electron chi connectivity index (χ4n) is 2.47. The number of para-hydroxylation sites is 1. The van der Waals surface area contributed by atoms with E-state index in [0.29, 0.717) is 0 Å². The van der Waals surface area contributed by atoms with E-state index < -0.39 is 0 Å². The molecule has 1 saturated heterocycles. The third-order valence-corrected chi connectivity index (χ3v) is 3.85. The van der Waals surface area contributed by atoms with Crippen LogP contribution in [0.3, 0.4) is 0 Å². The van der Waals surface area contributed by atoms with E-state index in [9.17, 15) is 0 Å². The molecular formula is C16H18N3S+. The zero-order valence-electron chi connectivity index (χ0n) is 11.3. The monoisotopic (exact) mass is 284 g/mol. The molecule has 0 spiro atoms. The Hall–Kier alpha value is -1.91. The maximum Gasteiger partial charge on any atom is 0.182 e. The number of anilines is 1. The number of benzene rings is 2. The van der Waals surface area contributed by atoms with E-state index in [0.717, 1.165) is 30.7 Å². The van der Waals surface area contributed by atoms with Gasteiger partial charge in [0.05, 0.1) is 0 Å². The van der Waals surface area contributed by atoms with E-state index in [-0.39, 0.29) is 0 Å². The smallest absolute Gasteiger partial charge is 0.182 e. The van der Waals surface area contributed by atoms with Gasteiger partial charge in [-0.3, -0.25) is 9.80 Å². The fourth-order valence-corrected chi connectivity index (χ4v) is 2.71. The number of thiocarbonyl (C=S) groups is 1. The van der Waals surface area contributed by atoms with E-state index in [2.05, 4.69) is 52.7 Å². The predicted molar refractivity (Wildman–Crippen MR) is 85.5 cm³/mol. The molecule has 102 valence electrons. The van der Waals surface area contributed by atoms with Gasteiger partial charge in [-0.1, -0.05) is 48.5 Å². The Morgan fingerprint density at radius 3 is 2.35 bits per heavy atom. The summed E-state index contributed by atoms with van der Waals surface area (Å²) in [6.07, 6.45) is 0. The number of hydrogen-bond acceptors (Lipinski definition) is 1. The summed E-state index contributed by atoms with van der Waals surface area (Å²) in [6.45, 7) is 2.77. The van der Waals surface area contributed by atoms with Gasteiger partial charge in [-0.2, -0.15) is 0 Å². The Balaban J connectivity index is 1.72. The van der Waals surface area contributed by atoms with Crippen LogP contribution in [0.1, 0.15) is 5.56 Å². The molecule has 1 aliphatic heterocycles. The highest BCUT2D eigenvalue weighted by atomic mass is 32.1. The Bertz CT molecular complexity index is 571. The Kier molecular flexibility index (Phi) is 3.95. The summed E-state index contributed by atoms with van der Waals surface area (Å²) in [4.78, 5) is 3.62. The highest BCUT2D eigenvalue weighted by Crippen LogP contribution is 2.12. The van der Waals surface area contributed by atoms with Gasteiger partial charge in [-0.05, 0) is 24.4 Å². The lowest BCUT2D eigenvalue weighted by Gasteiger charge is -2.35. The molecule has 20 heavy (non-hydrogen) atoms. The normalized spacial score (nSPS) is 18.7. The van der Waals surface area contributed by atoms with Crippen LogP contribution in [0.2, 0.25) is 0 Å². The van der Waals surface area contributed by atoms with Crippen molar-refractivity contribution in [3.63, 3.8) is 0 Å². The number of rotatable bonds is 3. The van der Waals surface area contributed by atoms with Crippen molar-refractivity contribution in [2.45, 2.75) is 6.54 Å². The minimum absolute atomic E-state index is 0.813. The molecular weight excluding hydrogens is 266 g/mol. The van der Waals surface area contributed by atoms with E-state index in [1.165, 1.54) is 10.5 Å². The van der Waals surface area contributed by atoms with Crippen molar-refractivity contribution < 1.29 is 4.90 Å². The molecule has 2 aromatic carbocycles. The summed E-state index contributed by atoms with van der Waals surface area (Å²) in [5.41, 5.74) is 2.50. The summed E-state index contributed by atoms with van der Waals surface area (Å²) < 4.78 is 0. The summed E-state index contributed by atoms with van der Waals surface area (Å²) >= 11 is 5.43. The quantitative estimate of drug-likeness (QED) is 0.831. The predicted octanol–water partition coefficient (Wildman–Crippen LogP) is 1.38. The first kappa shape index (κ1) is 13.1. The van der Waals surface area contributed by atoms with Crippen molar-refractivity contribution in [3.05, 3.63) is 66.2 Å². The first-order valence-corrected chi connectivity index (χ1v) is 7.21. The minimum Gasteiger partial charge on any atom is -0.315 e. The van der Waals surface area contributed by atoms with Gasteiger partial charge < -0.3 is 5.32 Å². The van der Waals surface area contributed by atoms with Crippen LogP contribution >= 0.6 is 12.2 Å². The van der Waals surface area contributed by atoms with Gasteiger partial charge in [-0.25, -0.2) is 0 Å². The largest absolute Gasteiger partial charge is 0.315 e. The van der Waals surface area contributed by atoms with Crippen molar-refractivity contribution >= 4 is 23.0 Å². The zero-order chi connectivity index (χ0) is 13.8. The molecule has 0 radical (unpaired) electrons. The van der Waals surface area contributed by atoms with Crippen LogP contribution in [-0.2, 0) is 6.54 Å². The third-order valence-electron chi connectivity index (χ3n) is 3.48. The van der Waals surface area contributed by atoms with Crippen LogP contribution in [0.25, 0.3) is 0 Å². The highest BCUT2D eigenvalue weighted by Gasteiger charge is 2.24. The highest BCUT2D eigenvalue weighted by molar-refractivity contribution is 7.80. The molecule has 1 atom stereocenters. The van der Waals surface area contributed by atoms with Crippen LogP contribution in [0.4, 0.5) is 5.69 Å². The molecule has 2 aromatic rings. The fraction of sp³-hybridized carbons (Fsp3) is 0.188. The van der Waals surface area contributed by atoms with Crippen LogP contribution < -0.4 is 15.1 Å². The van der Waals surface area contributed by atoms with Gasteiger partial charge in [-0.15, -0.1) is 0 Å². The molecule has 1 fully saturated rings. The van der Waals surface area contributed by atoms with Gasteiger partial charge in [0, 0.05) is 11.3 Å². The molecule has 3 nitrogen and oxygen atoms in total. The van der Waals surface area contributed by atoms with Gasteiger partial charge in [0.25, 0.3) is 0 Å². The van der Waals surface area contributed by atoms with Crippen LogP contribution in [0, 0.1) is 0 Å². The van der Waals surface area contributed by atoms with Crippen LogP contribution in [0.15, 0.2) is 60.7 Å². The van der Waals surface area contributed by atoms with E-state index in [1.807, 2.05) is 18.2 Å². The van der Waals surface area contributed by atoms with Crippen molar-refractivity contribution in [1.82, 2.24) is 5.32 Å². The molecule has 1 heterocycles. The number of nitrogens with zero attached hydrogens (tertiary/aromatic N) is 1. The molecule has 0 aromatic heterocycles. The van der Waals surface area contributed by atoms with Crippen molar-refractivity contribution in [2.24, 2.45) is 0 Å². The summed E-state index contributed by atoms with van der Waals surface area (Å²) in [7, 11) is 0. The second-order valence-corrected chi connectivity index (χ2v) is 5.38. The second-order valence-electron chi connectivity index (χ2n) is 4.99. The van der Waals surface area contributed by atoms with E-state index >= 15 is 0 Å². The maximum atomic E-state index is 5.43. The van der Waals surface area contributed by atoms with E-state index in [1.54, 1.807) is 0 Å². The van der Waals surface area contributed by atoms with Crippen molar-refractivity contribution in [1.29, 1.82) is 0 Å². The zero-order valence-corrected chi connectivity index (χ0v) is 12.1. The molecule has 3 rings (SSSR count). The van der Waals surface area contributed by atoms with Gasteiger partial charge >= 0.3 is 0 Å². The molecule has 0 amide bonds. The SMILES string of the molecule is S=C1NC[NH+](Cc2ccccc2)CN1c1ccccc1. The molecule has 0 saturated carbocycles. The minimum atomic E-state index is 0.813. The van der Waals surface area contributed by atoms with E-state index in [4.69, 9.17) is 12.2 Å². The standard InChI is InChI=1S/C16H17N3S/c20-16-17-12-18(11-14-7-3-1-4-8-14)13-19(16)15-9-5-2-6-10-15/h1-10H,11-13H2,(H,17,20)/p+1. The average molecular weight is 284 g/mol. The van der Waals surface area contributed by atoms with Crippen LogP contribution in [-0.4, -0.2) is 18.4 Å². The van der Waals surface area contributed by atoms with Gasteiger partial charge in [0.15, 0.2) is 18.4 Å². The summed E-state index contributed by atoms with van der Waals surface area (Å²) in [6, 6.07) is 20.9. The molecule has 0 bridgehead atoms. The lowest BCUT2D eigenvalue weighted by atomic mass is 10.2. The first-order chi connectivity index (χ1) is 9.83. The lowest BCUT2D eigenvalue weighted by Crippen LogP contribution is -3.16. The molecule has 2 N–H and O–H groups in total. The molecule has 1 aliphatic rings. The Morgan fingerprint density at radius 1 is 1.00 bits per heavy atom. The number of quaternary nitrogens is 1. The van der Waals surface area contributed by atoms with Gasteiger partial charge in [0.2, 0.25) is 0 Å². The van der Waals surface area contributed by atoms with Crippen LogP contribution in [0.5, 0.6) is 0 Å². The number of hydrogen-bond donors (Lipinski definition) is 2. The average Bonchev–Trinajstić information content (AvgIpc) is 2.51. The third kappa shape index (κ3) is 2.98. The summed E-state index contributed by atoms with van der Waals surface area (Å²) in [5, 5.41) is 4.13. The first-order valence-electron chi connectivity index (χ1n) is 6.81. The van der Waals surface area contributed by atoms with Crippen molar-refractivity contribution in [2.75, 3.05) is 18.2 Å². The topological polar surface area (TPSA) is 19.7 Å². The Morgan fingerprint density at radius 2 is 1.65 bits per heavy atom. The number of nitrogens with one attached hydrogen (secondary N) is 2. The lowest BCUT2D eigenvalue weighted by molar-refractivity contribution is -0.916. The molecule has 0 aliphatic carbocycles. The van der Waals surface area contributed by atoms with Crippen molar-refractivity contribution in [3.8, 4) is 0 Å². The maximum absolute atomic E-state index is 5.43. The molecule has 1 unspecified atom stereocenters. The van der Waals surface area contributed by atoms with Gasteiger partial charge in [0.1, 0.15) is 6.54 Å². The second kappa shape index (κ2) is 6.03. The molecule has 4 heteroatoms. The summed E-state index contributed by atoms with van der Waals surface area (Å²) in [5.74, 6) is 0.